The van der Waals surface area contributed by atoms with Gasteiger partial charge in [-0.15, -0.1) is 5.10 Å². The second-order valence-electron chi connectivity index (χ2n) is 6.82. The second kappa shape index (κ2) is 6.69. The maximum atomic E-state index is 12.7. The number of anilines is 2. The number of aryl methyl sites for hydroxylation is 2. The van der Waals surface area contributed by atoms with E-state index in [2.05, 4.69) is 36.4 Å². The number of halogens is 3. The molecule has 0 atom stereocenters. The summed E-state index contributed by atoms with van der Waals surface area (Å²) in [4.78, 5) is 9.26. The van der Waals surface area contributed by atoms with Crippen LogP contribution in [0.5, 0.6) is 0 Å². The molecule has 0 aromatic carbocycles. The van der Waals surface area contributed by atoms with Crippen LogP contribution in [0.3, 0.4) is 0 Å². The van der Waals surface area contributed by atoms with Crippen LogP contribution in [-0.2, 0) is 19.0 Å². The van der Waals surface area contributed by atoms with E-state index in [9.17, 15) is 13.2 Å². The molecule has 0 radical (unpaired) electrons. The fourth-order valence-electron chi connectivity index (χ4n) is 3.38. The van der Waals surface area contributed by atoms with Crippen molar-refractivity contribution in [1.29, 1.82) is 0 Å². The highest BCUT2D eigenvalue weighted by atomic mass is 19.4. The fourth-order valence-corrected chi connectivity index (χ4v) is 3.38. The van der Waals surface area contributed by atoms with E-state index in [4.69, 9.17) is 0 Å². The zero-order chi connectivity index (χ0) is 18.1. The maximum Gasteiger partial charge on any atom is 0.433 e. The van der Waals surface area contributed by atoms with E-state index in [1.807, 2.05) is 0 Å². The number of rotatable bonds is 4. The van der Waals surface area contributed by atoms with E-state index < -0.39 is 11.9 Å². The Morgan fingerprint density at radius 3 is 2.69 bits per heavy atom. The lowest BCUT2D eigenvalue weighted by molar-refractivity contribution is -0.141. The molecule has 1 aliphatic carbocycles. The summed E-state index contributed by atoms with van der Waals surface area (Å²) in [6.07, 6.45) is 0.916. The highest BCUT2D eigenvalue weighted by molar-refractivity contribution is 5.45. The third-order valence-electron chi connectivity index (χ3n) is 4.87. The molecule has 138 valence electrons. The van der Waals surface area contributed by atoms with E-state index in [0.29, 0.717) is 12.5 Å². The Kier molecular flexibility index (Phi) is 4.37. The van der Waals surface area contributed by atoms with Crippen LogP contribution in [0.4, 0.5) is 24.8 Å². The molecule has 3 heterocycles. The Hall–Kier alpha value is -2.45. The third-order valence-corrected chi connectivity index (χ3v) is 4.87. The Labute approximate surface area is 148 Å². The average Bonchev–Trinajstić information content (AvgIpc) is 2.60. The summed E-state index contributed by atoms with van der Waals surface area (Å²) in [7, 11) is 0. The molecule has 6 nitrogen and oxygen atoms in total. The Balaban J connectivity index is 1.31. The number of aromatic nitrogens is 4. The van der Waals surface area contributed by atoms with E-state index in [1.54, 1.807) is 0 Å². The summed E-state index contributed by atoms with van der Waals surface area (Å²) in [5.74, 6) is 1.42. The molecule has 2 aromatic rings. The van der Waals surface area contributed by atoms with Gasteiger partial charge in [0.25, 0.3) is 0 Å². The Morgan fingerprint density at radius 2 is 1.88 bits per heavy atom. The molecule has 1 aliphatic heterocycles. The summed E-state index contributed by atoms with van der Waals surface area (Å²) in [6.45, 7) is 2.17. The van der Waals surface area contributed by atoms with Gasteiger partial charge in [0.1, 0.15) is 17.8 Å². The van der Waals surface area contributed by atoms with Crippen molar-refractivity contribution >= 4 is 11.6 Å². The lowest BCUT2D eigenvalue weighted by atomic mass is 9.95. The standard InChI is InChI=1S/C17H19F3N6/c18-17(19,20)14-6-15(23-10-22-14)21-7-11-8-26(9-11)16-5-12-3-1-2-4-13(12)24-25-16/h5-6,10-11H,1-4,7-9H2,(H,21,22,23). The molecule has 0 bridgehead atoms. The molecular formula is C17H19F3N6. The summed E-state index contributed by atoms with van der Waals surface area (Å²) in [6, 6.07) is 3.07. The summed E-state index contributed by atoms with van der Waals surface area (Å²) < 4.78 is 38.0. The molecule has 0 amide bonds. The van der Waals surface area contributed by atoms with Crippen LogP contribution in [0.1, 0.15) is 29.8 Å². The largest absolute Gasteiger partial charge is 0.433 e. The van der Waals surface area contributed by atoms with E-state index in [1.165, 1.54) is 18.4 Å². The Bertz CT molecular complexity index is 788. The lowest BCUT2D eigenvalue weighted by Gasteiger charge is -2.40. The predicted molar refractivity (Wildman–Crippen MR) is 89.9 cm³/mol. The summed E-state index contributed by atoms with van der Waals surface area (Å²) in [5, 5.41) is 11.6. The summed E-state index contributed by atoms with van der Waals surface area (Å²) in [5.41, 5.74) is 1.47. The minimum atomic E-state index is -4.46. The zero-order valence-corrected chi connectivity index (χ0v) is 14.1. The Morgan fingerprint density at radius 1 is 1.08 bits per heavy atom. The third kappa shape index (κ3) is 3.56. The number of hydrogen-bond acceptors (Lipinski definition) is 6. The van der Waals surface area contributed by atoms with E-state index in [0.717, 1.165) is 49.8 Å². The van der Waals surface area contributed by atoms with Crippen LogP contribution in [0, 0.1) is 5.92 Å². The van der Waals surface area contributed by atoms with Gasteiger partial charge in [-0.1, -0.05) is 0 Å². The molecule has 4 rings (SSSR count). The van der Waals surface area contributed by atoms with Gasteiger partial charge in [-0.2, -0.15) is 18.3 Å². The van der Waals surface area contributed by atoms with Crippen LogP contribution in [0.2, 0.25) is 0 Å². The van der Waals surface area contributed by atoms with E-state index >= 15 is 0 Å². The maximum absolute atomic E-state index is 12.7. The van der Waals surface area contributed by atoms with Gasteiger partial charge in [-0.25, -0.2) is 9.97 Å². The fraction of sp³-hybridized carbons (Fsp3) is 0.529. The van der Waals surface area contributed by atoms with Gasteiger partial charge in [0.2, 0.25) is 0 Å². The van der Waals surface area contributed by atoms with Crippen LogP contribution in [0.15, 0.2) is 18.5 Å². The number of alkyl halides is 3. The van der Waals surface area contributed by atoms with Crippen molar-refractivity contribution in [3.8, 4) is 0 Å². The quantitative estimate of drug-likeness (QED) is 0.900. The molecule has 1 N–H and O–H groups in total. The molecule has 2 aliphatic rings. The van der Waals surface area contributed by atoms with E-state index in [-0.39, 0.29) is 5.82 Å². The SMILES string of the molecule is FC(F)(F)c1cc(NCC2CN(c3cc4c(nn3)CCCC4)C2)ncn1. The first kappa shape index (κ1) is 17.0. The van der Waals surface area contributed by atoms with Crippen molar-refractivity contribution in [2.45, 2.75) is 31.9 Å². The number of nitrogens with zero attached hydrogens (tertiary/aromatic N) is 5. The average molecular weight is 364 g/mol. The molecule has 0 spiro atoms. The molecule has 0 unspecified atom stereocenters. The number of fused-ring (bicyclic) bond motifs is 1. The van der Waals surface area contributed by atoms with Crippen LogP contribution in [0.25, 0.3) is 0 Å². The molecule has 26 heavy (non-hydrogen) atoms. The van der Waals surface area contributed by atoms with Crippen LogP contribution in [-0.4, -0.2) is 39.8 Å². The van der Waals surface area contributed by atoms with Gasteiger partial charge in [0.15, 0.2) is 5.82 Å². The predicted octanol–water partition coefficient (Wildman–Crippen LogP) is 2.71. The van der Waals surface area contributed by atoms with Crippen molar-refractivity contribution in [1.82, 2.24) is 20.2 Å². The minimum absolute atomic E-state index is 0.194. The first-order valence-electron chi connectivity index (χ1n) is 8.72. The highest BCUT2D eigenvalue weighted by Crippen LogP contribution is 2.29. The topological polar surface area (TPSA) is 66.8 Å². The van der Waals surface area contributed by atoms with Crippen LogP contribution < -0.4 is 10.2 Å². The first-order valence-corrected chi connectivity index (χ1v) is 8.72. The van der Waals surface area contributed by atoms with Gasteiger partial charge < -0.3 is 10.2 Å². The van der Waals surface area contributed by atoms with Crippen molar-refractivity contribution in [2.75, 3.05) is 29.9 Å². The van der Waals surface area contributed by atoms with Crippen molar-refractivity contribution in [2.24, 2.45) is 5.92 Å². The van der Waals surface area contributed by atoms with Gasteiger partial charge in [0.05, 0.1) is 5.69 Å². The summed E-state index contributed by atoms with van der Waals surface area (Å²) >= 11 is 0. The van der Waals surface area contributed by atoms with Crippen molar-refractivity contribution < 1.29 is 13.2 Å². The second-order valence-corrected chi connectivity index (χ2v) is 6.82. The zero-order valence-electron chi connectivity index (χ0n) is 14.1. The van der Waals surface area contributed by atoms with Gasteiger partial charge in [0, 0.05) is 31.6 Å². The van der Waals surface area contributed by atoms with Crippen molar-refractivity contribution in [3.63, 3.8) is 0 Å². The normalized spacial score (nSPS) is 17.6. The number of hydrogen-bond donors (Lipinski definition) is 1. The first-order chi connectivity index (χ1) is 12.5. The van der Waals surface area contributed by atoms with Crippen molar-refractivity contribution in [3.05, 3.63) is 35.4 Å². The van der Waals surface area contributed by atoms with Crippen LogP contribution >= 0.6 is 0 Å². The molecule has 9 heteroatoms. The lowest BCUT2D eigenvalue weighted by Crippen LogP contribution is -2.50. The smallest absolute Gasteiger partial charge is 0.370 e. The molecule has 0 saturated carbocycles. The number of nitrogens with one attached hydrogen (secondary N) is 1. The molecular weight excluding hydrogens is 345 g/mol. The van der Waals surface area contributed by atoms with Gasteiger partial charge in [-0.05, 0) is 37.3 Å². The monoisotopic (exact) mass is 364 g/mol. The highest BCUT2D eigenvalue weighted by Gasteiger charge is 2.33. The van der Waals surface area contributed by atoms with Gasteiger partial charge in [-0.3, -0.25) is 0 Å². The molecule has 1 fully saturated rings. The molecule has 2 aromatic heterocycles. The van der Waals surface area contributed by atoms with Gasteiger partial charge >= 0.3 is 6.18 Å². The minimum Gasteiger partial charge on any atom is -0.370 e. The molecule has 1 saturated heterocycles.